The smallest absolute Gasteiger partial charge is 0.317 e. The highest BCUT2D eigenvalue weighted by Gasteiger charge is 2.27. The second-order valence-electron chi connectivity index (χ2n) is 9.82. The van der Waals surface area contributed by atoms with E-state index in [0.717, 1.165) is 5.69 Å². The van der Waals surface area contributed by atoms with Crippen LogP contribution in [0, 0.1) is 5.82 Å². The molecule has 1 heterocycles. The summed E-state index contributed by atoms with van der Waals surface area (Å²) in [6, 6.07) is 10.5. The molecule has 0 spiro atoms. The molecule has 2 N–H and O–H groups in total. The Morgan fingerprint density at radius 1 is 0.944 bits per heavy atom. The van der Waals surface area contributed by atoms with Crippen LogP contribution in [-0.2, 0) is 0 Å². The molecule has 1 saturated heterocycles. The number of carbonyl (C=O) groups excluding carboxylic acids is 3. The summed E-state index contributed by atoms with van der Waals surface area (Å²) >= 11 is 0. The molecule has 8 nitrogen and oxygen atoms in total. The first-order valence-corrected chi connectivity index (χ1v) is 12.3. The van der Waals surface area contributed by atoms with Crippen LogP contribution in [0.15, 0.2) is 42.5 Å². The Bertz CT molecular complexity index is 1090. The summed E-state index contributed by atoms with van der Waals surface area (Å²) in [5.74, 6) is -0.928. The lowest BCUT2D eigenvalue weighted by molar-refractivity contribution is 0.0773. The molecule has 0 atom stereocenters. The van der Waals surface area contributed by atoms with Gasteiger partial charge >= 0.3 is 6.03 Å². The van der Waals surface area contributed by atoms with Crippen molar-refractivity contribution in [1.29, 1.82) is 0 Å². The van der Waals surface area contributed by atoms with Gasteiger partial charge in [0.05, 0.1) is 5.56 Å². The standard InChI is InChI=1S/C27H36FN5O3/c1-6-31(7-2)25(35)22-18-21(29-24(34)19-8-10-20(28)11-9-19)12-13-23(22)32-14-16-33(17-15-32)26(36)30-27(3,4)5/h8-13,18H,6-7,14-17H2,1-5H3,(H,29,34)(H,30,36). The minimum atomic E-state index is -0.418. The highest BCUT2D eigenvalue weighted by molar-refractivity contribution is 6.06. The largest absolute Gasteiger partial charge is 0.367 e. The first-order chi connectivity index (χ1) is 17.0. The summed E-state index contributed by atoms with van der Waals surface area (Å²) < 4.78 is 13.2. The number of urea groups is 1. The van der Waals surface area contributed by atoms with Crippen LogP contribution in [0.2, 0.25) is 0 Å². The van der Waals surface area contributed by atoms with Gasteiger partial charge in [-0.25, -0.2) is 9.18 Å². The second-order valence-corrected chi connectivity index (χ2v) is 9.82. The summed E-state index contributed by atoms with van der Waals surface area (Å²) in [4.78, 5) is 44.2. The van der Waals surface area contributed by atoms with Crippen LogP contribution in [0.5, 0.6) is 0 Å². The number of hydrogen-bond acceptors (Lipinski definition) is 4. The zero-order valence-electron chi connectivity index (χ0n) is 21.7. The summed E-state index contributed by atoms with van der Waals surface area (Å²) in [6.07, 6.45) is 0. The van der Waals surface area contributed by atoms with Crippen molar-refractivity contribution in [1.82, 2.24) is 15.1 Å². The Labute approximate surface area is 212 Å². The maximum Gasteiger partial charge on any atom is 0.317 e. The Kier molecular flexibility index (Phi) is 8.55. The van der Waals surface area contributed by atoms with Crippen molar-refractivity contribution < 1.29 is 18.8 Å². The van der Waals surface area contributed by atoms with Gasteiger partial charge in [0.15, 0.2) is 0 Å². The molecular weight excluding hydrogens is 461 g/mol. The van der Waals surface area contributed by atoms with Crippen LogP contribution in [0.1, 0.15) is 55.3 Å². The fraction of sp³-hybridized carbons (Fsp3) is 0.444. The fourth-order valence-electron chi connectivity index (χ4n) is 4.10. The van der Waals surface area contributed by atoms with Gasteiger partial charge in [-0.15, -0.1) is 0 Å². The summed E-state index contributed by atoms with van der Waals surface area (Å²) in [5.41, 5.74) is 1.74. The van der Waals surface area contributed by atoms with E-state index in [1.165, 1.54) is 24.3 Å². The molecule has 2 aromatic carbocycles. The van der Waals surface area contributed by atoms with Crippen molar-refractivity contribution in [2.75, 3.05) is 49.5 Å². The van der Waals surface area contributed by atoms with Crippen LogP contribution < -0.4 is 15.5 Å². The minimum absolute atomic E-state index is 0.0968. The summed E-state index contributed by atoms with van der Waals surface area (Å²) in [6.45, 7) is 13.0. The topological polar surface area (TPSA) is 85.0 Å². The van der Waals surface area contributed by atoms with Gasteiger partial charge in [-0.3, -0.25) is 9.59 Å². The predicted molar refractivity (Wildman–Crippen MR) is 140 cm³/mol. The van der Waals surface area contributed by atoms with Gasteiger partial charge in [0, 0.05) is 61.7 Å². The van der Waals surface area contributed by atoms with Crippen LogP contribution in [0.3, 0.4) is 0 Å². The monoisotopic (exact) mass is 497 g/mol. The number of piperazine rings is 1. The van der Waals surface area contributed by atoms with Gasteiger partial charge < -0.3 is 25.3 Å². The van der Waals surface area contributed by atoms with E-state index in [1.807, 2.05) is 40.7 Å². The van der Waals surface area contributed by atoms with Crippen LogP contribution in [-0.4, -0.2) is 72.5 Å². The van der Waals surface area contributed by atoms with E-state index in [-0.39, 0.29) is 23.4 Å². The molecule has 0 aliphatic carbocycles. The number of anilines is 2. The Hall–Kier alpha value is -3.62. The number of amides is 4. The van der Waals surface area contributed by atoms with Crippen LogP contribution in [0.25, 0.3) is 0 Å². The Morgan fingerprint density at radius 3 is 2.11 bits per heavy atom. The van der Waals surface area contributed by atoms with Gasteiger partial charge in [-0.05, 0) is 77.1 Å². The van der Waals surface area contributed by atoms with E-state index < -0.39 is 5.82 Å². The van der Waals surface area contributed by atoms with E-state index in [4.69, 9.17) is 0 Å². The number of nitrogens with one attached hydrogen (secondary N) is 2. The molecular formula is C27H36FN5O3. The lowest BCUT2D eigenvalue weighted by atomic mass is 10.1. The molecule has 1 aliphatic heterocycles. The zero-order valence-corrected chi connectivity index (χ0v) is 21.7. The summed E-state index contributed by atoms with van der Waals surface area (Å²) in [7, 11) is 0. The van der Waals surface area contributed by atoms with E-state index in [2.05, 4.69) is 15.5 Å². The molecule has 2 aromatic rings. The van der Waals surface area contributed by atoms with Crippen LogP contribution in [0.4, 0.5) is 20.6 Å². The first-order valence-electron chi connectivity index (χ1n) is 12.3. The number of halogens is 1. The Balaban J connectivity index is 1.82. The highest BCUT2D eigenvalue weighted by atomic mass is 19.1. The molecule has 1 aliphatic rings. The molecule has 36 heavy (non-hydrogen) atoms. The molecule has 0 unspecified atom stereocenters. The predicted octanol–water partition coefficient (Wildman–Crippen LogP) is 4.19. The third-order valence-electron chi connectivity index (χ3n) is 6.03. The van der Waals surface area contributed by atoms with Gasteiger partial charge in [0.1, 0.15) is 5.82 Å². The Morgan fingerprint density at radius 2 is 1.56 bits per heavy atom. The zero-order chi connectivity index (χ0) is 26.5. The van der Waals surface area contributed by atoms with Crippen molar-refractivity contribution in [3.05, 3.63) is 59.4 Å². The normalized spacial score (nSPS) is 13.8. The maximum atomic E-state index is 13.4. The third kappa shape index (κ3) is 6.74. The molecule has 0 radical (unpaired) electrons. The van der Waals surface area contributed by atoms with E-state index in [1.54, 1.807) is 21.9 Å². The van der Waals surface area contributed by atoms with Gasteiger partial charge in [-0.1, -0.05) is 0 Å². The van der Waals surface area contributed by atoms with E-state index >= 15 is 0 Å². The number of nitrogens with zero attached hydrogens (tertiary/aromatic N) is 3. The molecule has 3 rings (SSSR count). The molecule has 0 saturated carbocycles. The molecule has 1 fully saturated rings. The number of hydrogen-bond donors (Lipinski definition) is 2. The van der Waals surface area contributed by atoms with Gasteiger partial charge in [0.25, 0.3) is 11.8 Å². The summed E-state index contributed by atoms with van der Waals surface area (Å²) in [5, 5.41) is 5.80. The van der Waals surface area contributed by atoms with E-state index in [9.17, 15) is 18.8 Å². The quantitative estimate of drug-likeness (QED) is 0.627. The first kappa shape index (κ1) is 27.0. The average Bonchev–Trinajstić information content (AvgIpc) is 2.84. The van der Waals surface area contributed by atoms with E-state index in [0.29, 0.717) is 56.1 Å². The van der Waals surface area contributed by atoms with Crippen molar-refractivity contribution in [2.45, 2.75) is 40.2 Å². The van der Waals surface area contributed by atoms with Crippen molar-refractivity contribution >= 4 is 29.2 Å². The molecule has 0 aromatic heterocycles. The van der Waals surface area contributed by atoms with Crippen molar-refractivity contribution in [2.24, 2.45) is 0 Å². The maximum absolute atomic E-state index is 13.4. The van der Waals surface area contributed by atoms with Gasteiger partial charge in [0.2, 0.25) is 0 Å². The lowest BCUT2D eigenvalue weighted by Gasteiger charge is -2.38. The highest BCUT2D eigenvalue weighted by Crippen LogP contribution is 2.27. The van der Waals surface area contributed by atoms with Crippen molar-refractivity contribution in [3.8, 4) is 0 Å². The number of carbonyl (C=O) groups is 3. The SMILES string of the molecule is CCN(CC)C(=O)c1cc(NC(=O)c2ccc(F)cc2)ccc1N1CCN(C(=O)NC(C)(C)C)CC1. The molecule has 4 amide bonds. The van der Waals surface area contributed by atoms with Crippen LogP contribution >= 0.6 is 0 Å². The second kappa shape index (κ2) is 11.4. The van der Waals surface area contributed by atoms with Gasteiger partial charge in [-0.2, -0.15) is 0 Å². The lowest BCUT2D eigenvalue weighted by Crippen LogP contribution is -2.55. The molecule has 194 valence electrons. The minimum Gasteiger partial charge on any atom is -0.367 e. The number of rotatable bonds is 6. The fourth-order valence-corrected chi connectivity index (χ4v) is 4.10. The molecule has 0 bridgehead atoms. The van der Waals surface area contributed by atoms with Crippen molar-refractivity contribution in [3.63, 3.8) is 0 Å². The average molecular weight is 498 g/mol. The molecule has 9 heteroatoms. The third-order valence-corrected chi connectivity index (χ3v) is 6.03. The number of benzene rings is 2.